The molecule has 1 heterocycles. The number of para-hydroxylation sites is 1. The minimum Gasteiger partial charge on any atom is -0.497 e. The summed E-state index contributed by atoms with van der Waals surface area (Å²) in [4.78, 5) is 2.16. The lowest BCUT2D eigenvalue weighted by molar-refractivity contribution is 0.351. The topological polar surface area (TPSA) is 80.2 Å². The number of hydrogen-bond donors (Lipinski definition) is 1. The van der Waals surface area contributed by atoms with E-state index in [0.717, 1.165) is 5.56 Å². The molecule has 0 saturated heterocycles. The molecule has 26 heavy (non-hydrogen) atoms. The highest BCUT2D eigenvalue weighted by atomic mass is 32.2. The van der Waals surface area contributed by atoms with Crippen molar-refractivity contribution in [2.24, 2.45) is 4.40 Å². The number of methoxy groups -OCH3 is 2. The quantitative estimate of drug-likeness (QED) is 0.835. The van der Waals surface area contributed by atoms with Gasteiger partial charge in [0.05, 0.1) is 26.5 Å². The summed E-state index contributed by atoms with van der Waals surface area (Å²) in [5.74, 6) is 1.82. The summed E-state index contributed by atoms with van der Waals surface area (Å²) in [7, 11) is 1.42. The van der Waals surface area contributed by atoms with Gasteiger partial charge in [-0.25, -0.2) is 0 Å². The zero-order valence-corrected chi connectivity index (χ0v) is 15.7. The van der Waals surface area contributed by atoms with Crippen molar-refractivity contribution in [1.29, 1.82) is 0 Å². The molecule has 1 N–H and O–H groups in total. The van der Waals surface area contributed by atoms with Crippen molar-refractivity contribution in [3.63, 3.8) is 0 Å². The monoisotopic (exact) mass is 375 g/mol. The van der Waals surface area contributed by atoms with Gasteiger partial charge in [0.15, 0.2) is 0 Å². The summed E-state index contributed by atoms with van der Waals surface area (Å²) in [6.45, 7) is 0.915. The minimum atomic E-state index is -3.67. The van der Waals surface area contributed by atoms with Crippen molar-refractivity contribution in [2.75, 3.05) is 33.1 Å². The zero-order valence-electron chi connectivity index (χ0n) is 14.9. The third-order valence-electron chi connectivity index (χ3n) is 4.03. The molecule has 0 spiro atoms. The number of benzene rings is 2. The summed E-state index contributed by atoms with van der Waals surface area (Å²) in [5.41, 5.74) is 1.52. The molecule has 7 nitrogen and oxygen atoms in total. The molecule has 0 atom stereocenters. The summed E-state index contributed by atoms with van der Waals surface area (Å²) in [6.07, 6.45) is 0. The van der Waals surface area contributed by atoms with Crippen molar-refractivity contribution in [1.82, 2.24) is 4.90 Å². The van der Waals surface area contributed by atoms with Gasteiger partial charge in [-0.05, 0) is 25.2 Å². The summed E-state index contributed by atoms with van der Waals surface area (Å²) in [6, 6.07) is 12.4. The number of likely N-dealkylation sites (N-methyl/N-ethyl adjacent to an activating group) is 1. The maximum absolute atomic E-state index is 12.3. The molecular weight excluding hydrogens is 354 g/mol. The van der Waals surface area contributed by atoms with Crippen LogP contribution in [0.25, 0.3) is 0 Å². The van der Waals surface area contributed by atoms with Gasteiger partial charge in [0.1, 0.15) is 22.2 Å². The van der Waals surface area contributed by atoms with Crippen LogP contribution in [0.2, 0.25) is 0 Å². The fourth-order valence-corrected chi connectivity index (χ4v) is 3.96. The number of nitrogens with zero attached hydrogens (tertiary/aromatic N) is 2. The standard InChI is InChI=1S/C18H21N3O4S/c1-21(11-13-8-9-14(24-2)10-16(13)25-3)12-18-19-15-6-4-5-7-17(15)26(22,23)20-18/h4-10H,11-12H2,1-3H3,(H,19,20). The van der Waals surface area contributed by atoms with Crippen molar-refractivity contribution >= 4 is 21.5 Å². The zero-order chi connectivity index (χ0) is 18.7. The van der Waals surface area contributed by atoms with Gasteiger partial charge in [-0.1, -0.05) is 18.2 Å². The Labute approximate surface area is 153 Å². The molecule has 0 saturated carbocycles. The van der Waals surface area contributed by atoms with Crippen LogP contribution in [-0.2, 0) is 16.6 Å². The number of rotatable bonds is 6. The molecule has 0 amide bonds. The first-order valence-corrected chi connectivity index (χ1v) is 9.46. The van der Waals surface area contributed by atoms with E-state index in [1.54, 1.807) is 38.5 Å². The number of ether oxygens (including phenoxy) is 2. The van der Waals surface area contributed by atoms with E-state index in [9.17, 15) is 8.42 Å². The molecule has 0 aromatic heterocycles. The number of sulfonamides is 1. The first kappa shape index (κ1) is 18.2. The Morgan fingerprint density at radius 3 is 2.58 bits per heavy atom. The maximum atomic E-state index is 12.3. The molecule has 0 bridgehead atoms. The Bertz CT molecular complexity index is 941. The first-order valence-electron chi connectivity index (χ1n) is 8.02. The van der Waals surface area contributed by atoms with Crippen LogP contribution in [0.15, 0.2) is 51.8 Å². The van der Waals surface area contributed by atoms with Crippen LogP contribution in [0.3, 0.4) is 0 Å². The third-order valence-corrected chi connectivity index (χ3v) is 5.40. The first-order chi connectivity index (χ1) is 12.4. The SMILES string of the molecule is COc1ccc(CN(C)CC2=NS(=O)(=O)c3ccccc3N2)c(OC)c1. The minimum absolute atomic E-state index is 0.197. The highest BCUT2D eigenvalue weighted by molar-refractivity contribution is 7.90. The Morgan fingerprint density at radius 2 is 1.85 bits per heavy atom. The van der Waals surface area contributed by atoms with Gasteiger partial charge >= 0.3 is 0 Å². The lowest BCUT2D eigenvalue weighted by atomic mass is 10.1. The number of hydrogen-bond acceptors (Lipinski definition) is 6. The predicted molar refractivity (Wildman–Crippen MR) is 101 cm³/mol. The fraction of sp³-hybridized carbons (Fsp3) is 0.278. The number of anilines is 1. The van der Waals surface area contributed by atoms with Gasteiger partial charge in [-0.2, -0.15) is 8.42 Å². The van der Waals surface area contributed by atoms with Crippen LogP contribution in [0.4, 0.5) is 5.69 Å². The lowest BCUT2D eigenvalue weighted by Crippen LogP contribution is -2.33. The molecular formula is C18H21N3O4S. The molecule has 0 aliphatic carbocycles. The molecule has 1 aliphatic rings. The van der Waals surface area contributed by atoms with Crippen LogP contribution in [0, 0.1) is 0 Å². The molecule has 2 aromatic rings. The van der Waals surface area contributed by atoms with E-state index in [-0.39, 0.29) is 4.90 Å². The molecule has 0 fully saturated rings. The number of nitrogens with one attached hydrogen (secondary N) is 1. The summed E-state index contributed by atoms with van der Waals surface area (Å²) in [5, 5.41) is 3.09. The van der Waals surface area contributed by atoms with Gasteiger partial charge < -0.3 is 14.8 Å². The van der Waals surface area contributed by atoms with E-state index >= 15 is 0 Å². The highest BCUT2D eigenvalue weighted by Gasteiger charge is 2.24. The largest absolute Gasteiger partial charge is 0.497 e. The number of fused-ring (bicyclic) bond motifs is 1. The lowest BCUT2D eigenvalue weighted by Gasteiger charge is -2.23. The van der Waals surface area contributed by atoms with E-state index in [2.05, 4.69) is 9.71 Å². The Hall–Kier alpha value is -2.58. The van der Waals surface area contributed by atoms with Gasteiger partial charge in [-0.15, -0.1) is 4.40 Å². The van der Waals surface area contributed by atoms with E-state index < -0.39 is 10.0 Å². The second kappa shape index (κ2) is 7.35. The number of amidine groups is 1. The van der Waals surface area contributed by atoms with E-state index in [1.165, 1.54) is 0 Å². The summed E-state index contributed by atoms with van der Waals surface area (Å²) < 4.78 is 39.1. The van der Waals surface area contributed by atoms with E-state index in [1.807, 2.05) is 30.1 Å². The van der Waals surface area contributed by atoms with Gasteiger partial charge in [0.2, 0.25) is 0 Å². The Kier molecular flexibility index (Phi) is 5.15. The third kappa shape index (κ3) is 3.81. The smallest absolute Gasteiger partial charge is 0.286 e. The van der Waals surface area contributed by atoms with Crippen molar-refractivity contribution in [3.8, 4) is 11.5 Å². The summed E-state index contributed by atoms with van der Waals surface area (Å²) >= 11 is 0. The second-order valence-electron chi connectivity index (χ2n) is 5.98. The van der Waals surface area contributed by atoms with Gasteiger partial charge in [0.25, 0.3) is 10.0 Å². The van der Waals surface area contributed by atoms with Crippen LogP contribution in [0.1, 0.15) is 5.56 Å². The second-order valence-corrected chi connectivity index (χ2v) is 7.56. The highest BCUT2D eigenvalue weighted by Crippen LogP contribution is 2.28. The molecule has 0 unspecified atom stereocenters. The molecule has 3 rings (SSSR count). The van der Waals surface area contributed by atoms with Crippen molar-refractivity contribution in [2.45, 2.75) is 11.4 Å². The Morgan fingerprint density at radius 1 is 1.08 bits per heavy atom. The van der Waals surface area contributed by atoms with Crippen LogP contribution in [-0.4, -0.2) is 47.0 Å². The molecule has 8 heteroatoms. The predicted octanol–water partition coefficient (Wildman–Crippen LogP) is 2.35. The molecule has 138 valence electrons. The Balaban J connectivity index is 1.75. The van der Waals surface area contributed by atoms with Crippen molar-refractivity contribution < 1.29 is 17.9 Å². The average molecular weight is 375 g/mol. The normalized spacial score (nSPS) is 15.0. The van der Waals surface area contributed by atoms with Gasteiger partial charge in [0, 0.05) is 18.2 Å². The van der Waals surface area contributed by atoms with E-state index in [4.69, 9.17) is 9.47 Å². The van der Waals surface area contributed by atoms with Crippen LogP contribution < -0.4 is 14.8 Å². The van der Waals surface area contributed by atoms with Crippen molar-refractivity contribution in [3.05, 3.63) is 48.0 Å². The average Bonchev–Trinajstić information content (AvgIpc) is 2.61. The molecule has 0 radical (unpaired) electrons. The molecule has 1 aliphatic heterocycles. The molecule has 2 aromatic carbocycles. The van der Waals surface area contributed by atoms with E-state index in [0.29, 0.717) is 36.1 Å². The van der Waals surface area contributed by atoms with Crippen LogP contribution in [0.5, 0.6) is 11.5 Å². The maximum Gasteiger partial charge on any atom is 0.286 e. The van der Waals surface area contributed by atoms with Crippen LogP contribution >= 0.6 is 0 Å². The van der Waals surface area contributed by atoms with Gasteiger partial charge in [-0.3, -0.25) is 4.90 Å². The fourth-order valence-electron chi connectivity index (χ4n) is 2.82.